The smallest absolute Gasteiger partial charge is 0.307 e. The molecule has 0 spiro atoms. The van der Waals surface area contributed by atoms with E-state index in [0.29, 0.717) is 24.3 Å². The molecule has 0 aliphatic heterocycles. The van der Waals surface area contributed by atoms with E-state index in [0.717, 1.165) is 0 Å². The largest absolute Gasteiger partial charge is 0.466 e. The molecule has 0 aliphatic carbocycles. The quantitative estimate of drug-likeness (QED) is 0.465. The third kappa shape index (κ3) is 5.51. The number of hydrogen-bond acceptors (Lipinski definition) is 4. The second-order valence-corrected chi connectivity index (χ2v) is 4.46. The highest BCUT2D eigenvalue weighted by Gasteiger charge is 2.07. The molecule has 18 heavy (non-hydrogen) atoms. The zero-order valence-corrected chi connectivity index (χ0v) is 10.8. The monoisotopic (exact) mass is 265 g/mol. The van der Waals surface area contributed by atoms with E-state index in [-0.39, 0.29) is 24.8 Å². The lowest BCUT2D eigenvalue weighted by Crippen LogP contribution is -2.25. The molecule has 0 aromatic carbocycles. The van der Waals surface area contributed by atoms with E-state index in [2.05, 4.69) is 11.2 Å². The SMILES string of the molecule is C#CCCCOC(=O)CCNC(=O)c1cccs1. The van der Waals surface area contributed by atoms with Crippen molar-refractivity contribution in [1.29, 1.82) is 0 Å². The van der Waals surface area contributed by atoms with Crippen LogP contribution in [0.3, 0.4) is 0 Å². The number of amides is 1. The Morgan fingerprint density at radius 2 is 2.33 bits per heavy atom. The average molecular weight is 265 g/mol. The highest BCUT2D eigenvalue weighted by Crippen LogP contribution is 2.07. The number of carbonyl (C=O) groups is 2. The Labute approximate surface area is 110 Å². The van der Waals surface area contributed by atoms with Crippen molar-refractivity contribution >= 4 is 23.2 Å². The number of ether oxygens (including phenoxy) is 1. The van der Waals surface area contributed by atoms with Crippen molar-refractivity contribution in [2.45, 2.75) is 19.3 Å². The van der Waals surface area contributed by atoms with Gasteiger partial charge in [-0.3, -0.25) is 9.59 Å². The Morgan fingerprint density at radius 3 is 3.00 bits per heavy atom. The fraction of sp³-hybridized carbons (Fsp3) is 0.385. The summed E-state index contributed by atoms with van der Waals surface area (Å²) in [7, 11) is 0. The second kappa shape index (κ2) is 8.31. The zero-order chi connectivity index (χ0) is 13.2. The first-order chi connectivity index (χ1) is 8.74. The molecule has 5 heteroatoms. The van der Waals surface area contributed by atoms with Crippen LogP contribution in [0.2, 0.25) is 0 Å². The molecule has 4 nitrogen and oxygen atoms in total. The molecule has 1 aromatic rings. The molecule has 0 unspecified atom stereocenters. The van der Waals surface area contributed by atoms with Gasteiger partial charge in [-0.25, -0.2) is 0 Å². The molecule has 1 rings (SSSR count). The summed E-state index contributed by atoms with van der Waals surface area (Å²) in [6.45, 7) is 0.618. The van der Waals surface area contributed by atoms with Gasteiger partial charge in [-0.05, 0) is 17.9 Å². The maximum atomic E-state index is 11.5. The molecular formula is C13H15NO3S. The van der Waals surface area contributed by atoms with Crippen LogP contribution in [0.5, 0.6) is 0 Å². The van der Waals surface area contributed by atoms with Crippen LogP contribution >= 0.6 is 11.3 Å². The summed E-state index contributed by atoms with van der Waals surface area (Å²) < 4.78 is 4.93. The Kier molecular flexibility index (Phi) is 6.59. The third-order valence-corrected chi connectivity index (χ3v) is 2.96. The first-order valence-corrected chi connectivity index (χ1v) is 6.53. The number of terminal acetylenes is 1. The molecule has 0 bridgehead atoms. The maximum Gasteiger partial charge on any atom is 0.307 e. The minimum absolute atomic E-state index is 0.162. The summed E-state index contributed by atoms with van der Waals surface area (Å²) in [5.41, 5.74) is 0. The molecule has 1 aromatic heterocycles. The third-order valence-electron chi connectivity index (χ3n) is 2.09. The fourth-order valence-electron chi connectivity index (χ4n) is 1.21. The van der Waals surface area contributed by atoms with Gasteiger partial charge in [0.15, 0.2) is 0 Å². The second-order valence-electron chi connectivity index (χ2n) is 3.51. The van der Waals surface area contributed by atoms with Gasteiger partial charge in [0.1, 0.15) is 0 Å². The van der Waals surface area contributed by atoms with Crippen molar-refractivity contribution in [3.8, 4) is 12.3 Å². The summed E-state index contributed by atoms with van der Waals surface area (Å²) in [5.74, 6) is 1.99. The predicted octanol–water partition coefficient (Wildman–Crippen LogP) is 1.82. The number of thiophene rings is 1. The number of hydrogen-bond donors (Lipinski definition) is 1. The molecule has 0 radical (unpaired) electrons. The van der Waals surface area contributed by atoms with Crippen molar-refractivity contribution in [3.63, 3.8) is 0 Å². The van der Waals surface area contributed by atoms with Gasteiger partial charge in [0.05, 0.1) is 17.9 Å². The van der Waals surface area contributed by atoms with Crippen LogP contribution in [0.4, 0.5) is 0 Å². The van der Waals surface area contributed by atoms with Gasteiger partial charge in [-0.15, -0.1) is 23.7 Å². The van der Waals surface area contributed by atoms with Gasteiger partial charge in [-0.2, -0.15) is 0 Å². The number of rotatable bonds is 7. The molecular weight excluding hydrogens is 250 g/mol. The first kappa shape index (κ1) is 14.3. The maximum absolute atomic E-state index is 11.5. The van der Waals surface area contributed by atoms with E-state index in [9.17, 15) is 9.59 Å². The lowest BCUT2D eigenvalue weighted by atomic mass is 10.3. The van der Waals surface area contributed by atoms with E-state index in [4.69, 9.17) is 11.2 Å². The lowest BCUT2D eigenvalue weighted by molar-refractivity contribution is -0.143. The fourth-order valence-corrected chi connectivity index (χ4v) is 1.85. The van der Waals surface area contributed by atoms with Crippen molar-refractivity contribution in [2.75, 3.05) is 13.2 Å². The van der Waals surface area contributed by atoms with E-state index in [1.54, 1.807) is 12.1 Å². The normalized spacial score (nSPS) is 9.50. The summed E-state index contributed by atoms with van der Waals surface area (Å²) >= 11 is 1.36. The molecule has 1 heterocycles. The summed E-state index contributed by atoms with van der Waals surface area (Å²) in [4.78, 5) is 23.4. The van der Waals surface area contributed by atoms with Gasteiger partial charge in [0.25, 0.3) is 5.91 Å². The Hall–Kier alpha value is -1.80. The molecule has 0 aliphatic rings. The highest BCUT2D eigenvalue weighted by atomic mass is 32.1. The van der Waals surface area contributed by atoms with E-state index < -0.39 is 0 Å². The minimum atomic E-state index is -0.321. The summed E-state index contributed by atoms with van der Waals surface area (Å²) in [5, 5.41) is 4.48. The minimum Gasteiger partial charge on any atom is -0.466 e. The Bertz CT molecular complexity index is 420. The molecule has 0 atom stereocenters. The van der Waals surface area contributed by atoms with Crippen LogP contribution in [-0.2, 0) is 9.53 Å². The van der Waals surface area contributed by atoms with Gasteiger partial charge in [0, 0.05) is 13.0 Å². The van der Waals surface area contributed by atoms with E-state index in [1.165, 1.54) is 11.3 Å². The van der Waals surface area contributed by atoms with Gasteiger partial charge in [0.2, 0.25) is 0 Å². The van der Waals surface area contributed by atoms with Crippen LogP contribution in [0.25, 0.3) is 0 Å². The van der Waals surface area contributed by atoms with Gasteiger partial charge in [-0.1, -0.05) is 6.07 Å². The molecule has 1 N–H and O–H groups in total. The standard InChI is InChI=1S/C13H15NO3S/c1-2-3-4-9-17-12(15)7-8-14-13(16)11-6-5-10-18-11/h1,5-6,10H,3-4,7-9H2,(H,14,16). The van der Waals surface area contributed by atoms with Crippen LogP contribution < -0.4 is 5.32 Å². The Balaban J connectivity index is 2.09. The molecule has 0 saturated carbocycles. The van der Waals surface area contributed by atoms with Crippen molar-refractivity contribution in [2.24, 2.45) is 0 Å². The number of unbranched alkanes of at least 4 members (excludes halogenated alkanes) is 1. The van der Waals surface area contributed by atoms with E-state index in [1.807, 2.05) is 5.38 Å². The topological polar surface area (TPSA) is 55.4 Å². The first-order valence-electron chi connectivity index (χ1n) is 5.65. The summed E-state index contributed by atoms with van der Waals surface area (Å²) in [6.07, 6.45) is 6.51. The molecule has 1 amide bonds. The van der Waals surface area contributed by atoms with Crippen molar-refractivity contribution in [3.05, 3.63) is 22.4 Å². The van der Waals surface area contributed by atoms with Crippen molar-refractivity contribution in [1.82, 2.24) is 5.32 Å². The number of carbonyl (C=O) groups excluding carboxylic acids is 2. The zero-order valence-electron chi connectivity index (χ0n) is 9.98. The number of esters is 1. The molecule has 0 fully saturated rings. The Morgan fingerprint density at radius 1 is 1.50 bits per heavy atom. The molecule has 96 valence electrons. The van der Waals surface area contributed by atoms with Gasteiger partial charge >= 0.3 is 5.97 Å². The average Bonchev–Trinajstić information content (AvgIpc) is 2.88. The van der Waals surface area contributed by atoms with Crippen molar-refractivity contribution < 1.29 is 14.3 Å². The van der Waals surface area contributed by atoms with Crippen LogP contribution in [0.15, 0.2) is 17.5 Å². The van der Waals surface area contributed by atoms with Crippen LogP contribution in [-0.4, -0.2) is 25.0 Å². The van der Waals surface area contributed by atoms with Gasteiger partial charge < -0.3 is 10.1 Å². The molecule has 0 saturated heterocycles. The summed E-state index contributed by atoms with van der Waals surface area (Å²) in [6, 6.07) is 3.54. The predicted molar refractivity (Wildman–Crippen MR) is 70.3 cm³/mol. The van der Waals surface area contributed by atoms with Crippen LogP contribution in [0, 0.1) is 12.3 Å². The lowest BCUT2D eigenvalue weighted by Gasteiger charge is -2.04. The van der Waals surface area contributed by atoms with E-state index >= 15 is 0 Å². The highest BCUT2D eigenvalue weighted by molar-refractivity contribution is 7.12. The van der Waals surface area contributed by atoms with Crippen LogP contribution in [0.1, 0.15) is 28.9 Å². The number of nitrogens with one attached hydrogen (secondary N) is 1.